The van der Waals surface area contributed by atoms with Crippen LogP contribution in [-0.4, -0.2) is 17.6 Å². The molecule has 2 aromatic heterocycles. The van der Waals surface area contributed by atoms with E-state index < -0.39 is 8.07 Å². The first-order valence-corrected chi connectivity index (χ1v) is 22.5. The van der Waals surface area contributed by atoms with Crippen LogP contribution < -0.4 is 20.7 Å². The van der Waals surface area contributed by atoms with E-state index >= 15 is 0 Å². The first kappa shape index (κ1) is 32.4. The molecule has 0 fully saturated rings. The molecule has 0 radical (unpaired) electrons. The predicted molar refractivity (Wildman–Crippen MR) is 238 cm³/mol. The molecular weight excluding hydrogens is 721 g/mol. The van der Waals surface area contributed by atoms with E-state index in [1.165, 1.54) is 74.4 Å². The van der Waals surface area contributed by atoms with Crippen molar-refractivity contribution in [3.63, 3.8) is 0 Å². The van der Waals surface area contributed by atoms with Crippen LogP contribution in [0.25, 0.3) is 59.1 Å². The number of para-hydroxylation sites is 1. The minimum Gasteiger partial charge on any atom is -0.287 e. The van der Waals surface area contributed by atoms with E-state index in [0.717, 1.165) is 21.9 Å². The molecule has 55 heavy (non-hydrogen) atoms. The Kier molecular flexibility index (Phi) is 7.73. The molecule has 0 N–H and O–H groups in total. The van der Waals surface area contributed by atoms with Crippen LogP contribution in [0.3, 0.4) is 0 Å². The summed E-state index contributed by atoms with van der Waals surface area (Å²) in [7, 11) is -2.84. The van der Waals surface area contributed by atoms with Crippen LogP contribution >= 0.6 is 23.1 Å². The Balaban J connectivity index is 1.11. The lowest BCUT2D eigenvalue weighted by molar-refractivity contribution is 0.894. The average molecular weight is 755 g/mol. The van der Waals surface area contributed by atoms with Gasteiger partial charge in [-0.25, -0.2) is 4.98 Å². The van der Waals surface area contributed by atoms with Gasteiger partial charge >= 0.3 is 0 Å². The molecule has 0 aliphatic carbocycles. The number of thioether (sulfide) groups is 1. The summed E-state index contributed by atoms with van der Waals surface area (Å²) in [4.78, 5) is 5.06. The van der Waals surface area contributed by atoms with E-state index in [4.69, 9.17) is 4.98 Å². The maximum atomic E-state index is 5.06. The van der Waals surface area contributed by atoms with Gasteiger partial charge in [-0.3, -0.25) is 4.57 Å². The molecule has 0 saturated heterocycles. The zero-order valence-corrected chi connectivity index (χ0v) is 32.5. The Morgan fingerprint density at radius 2 is 1.04 bits per heavy atom. The molecule has 0 saturated carbocycles. The molecule has 0 amide bonds. The molecule has 1 aliphatic rings. The van der Waals surface area contributed by atoms with Gasteiger partial charge in [-0.15, -0.1) is 11.3 Å². The lowest BCUT2D eigenvalue weighted by atomic mass is 10.0. The molecule has 5 heteroatoms. The number of hydrogen-bond acceptors (Lipinski definition) is 3. The van der Waals surface area contributed by atoms with E-state index in [9.17, 15) is 0 Å². The molecular formula is C50H34N2S2Si. The van der Waals surface area contributed by atoms with Crippen LogP contribution in [0.4, 0.5) is 0 Å². The maximum Gasteiger partial charge on any atom is 0.179 e. The topological polar surface area (TPSA) is 17.8 Å². The Bertz CT molecular complexity index is 3020. The van der Waals surface area contributed by atoms with Gasteiger partial charge in [0.15, 0.2) is 13.2 Å². The van der Waals surface area contributed by atoms with Gasteiger partial charge in [0.2, 0.25) is 0 Å². The first-order chi connectivity index (χ1) is 27.2. The lowest BCUT2D eigenvalue weighted by Crippen LogP contribution is -2.74. The normalized spacial score (nSPS) is 12.6. The molecule has 3 heterocycles. The standard InChI is InChI=1S/C50H34N2S2Si/c1-3-16-39(17-4-1)55(40-18-5-2-6-19-40,41-20-11-14-34(29-41)36-26-28-49-44(31-36)43-22-8-10-24-48(43)54-49)42-21-12-15-35(30-42)37-25-27-45-47(32-37)52-46-23-9-7-13-38(46)33-53-50(52)51-45/h1-32H,33H2. The molecule has 8 aromatic carbocycles. The Morgan fingerprint density at radius 1 is 0.455 bits per heavy atom. The van der Waals surface area contributed by atoms with Crippen molar-refractivity contribution in [2.45, 2.75) is 10.9 Å². The van der Waals surface area contributed by atoms with E-state index in [-0.39, 0.29) is 0 Å². The average Bonchev–Trinajstić information content (AvgIpc) is 3.83. The zero-order valence-electron chi connectivity index (χ0n) is 29.9. The minimum atomic E-state index is -2.84. The number of thiophene rings is 1. The van der Waals surface area contributed by atoms with Crippen LogP contribution in [0.5, 0.6) is 0 Å². The van der Waals surface area contributed by atoms with Gasteiger partial charge in [-0.05, 0) is 85.0 Å². The summed E-state index contributed by atoms with van der Waals surface area (Å²) in [6.07, 6.45) is 0. The van der Waals surface area contributed by atoms with Crippen LogP contribution in [0.15, 0.2) is 199 Å². The molecule has 0 unspecified atom stereocenters. The maximum absolute atomic E-state index is 5.06. The Hall–Kier alpha value is -5.98. The second kappa shape index (κ2) is 13.1. The summed E-state index contributed by atoms with van der Waals surface area (Å²) >= 11 is 3.69. The van der Waals surface area contributed by atoms with Crippen molar-refractivity contribution in [1.82, 2.24) is 9.55 Å². The fourth-order valence-electron chi connectivity index (χ4n) is 8.70. The summed E-state index contributed by atoms with van der Waals surface area (Å²) in [5, 5.41) is 9.16. The van der Waals surface area contributed by atoms with E-state index in [1.807, 2.05) is 23.1 Å². The van der Waals surface area contributed by atoms with E-state index in [2.05, 4.69) is 199 Å². The van der Waals surface area contributed by atoms with Gasteiger partial charge < -0.3 is 0 Å². The van der Waals surface area contributed by atoms with Crippen molar-refractivity contribution >= 4 is 83.1 Å². The fourth-order valence-corrected chi connectivity index (χ4v) is 15.6. The quantitative estimate of drug-likeness (QED) is 0.124. The molecule has 0 spiro atoms. The first-order valence-electron chi connectivity index (χ1n) is 18.7. The van der Waals surface area contributed by atoms with Gasteiger partial charge in [0.1, 0.15) is 0 Å². The number of aromatic nitrogens is 2. The Morgan fingerprint density at radius 3 is 1.78 bits per heavy atom. The summed E-state index contributed by atoms with van der Waals surface area (Å²) in [6, 6.07) is 72.5. The third-order valence-corrected chi connectivity index (χ3v) is 18.2. The van der Waals surface area contributed by atoms with Crippen molar-refractivity contribution in [3.8, 4) is 27.9 Å². The summed E-state index contributed by atoms with van der Waals surface area (Å²) in [6.45, 7) is 0. The summed E-state index contributed by atoms with van der Waals surface area (Å²) in [5.74, 6) is 0.945. The van der Waals surface area contributed by atoms with Crippen molar-refractivity contribution in [2.24, 2.45) is 0 Å². The number of rotatable bonds is 6. The predicted octanol–water partition coefficient (Wildman–Crippen LogP) is 10.7. The second-order valence-corrected chi connectivity index (χ2v) is 20.1. The SMILES string of the molecule is c1ccc([Si](c2ccccc2)(c2cccc(-c3ccc4sc5ccccc5c4c3)c2)c2cccc(-c3ccc4nc5n(c4c3)-c3ccccc3CS5)c2)cc1. The lowest BCUT2D eigenvalue weighted by Gasteiger charge is -2.35. The van der Waals surface area contributed by atoms with Crippen LogP contribution in [0, 0.1) is 0 Å². The zero-order chi connectivity index (χ0) is 36.3. The molecule has 260 valence electrons. The fraction of sp³-hybridized carbons (Fsp3) is 0.0200. The number of imidazole rings is 1. The van der Waals surface area contributed by atoms with Gasteiger partial charge in [0.25, 0.3) is 0 Å². The minimum absolute atomic E-state index is 0.945. The van der Waals surface area contributed by atoms with Crippen molar-refractivity contribution in [2.75, 3.05) is 0 Å². The third kappa shape index (κ3) is 5.26. The molecule has 0 bridgehead atoms. The molecule has 1 aliphatic heterocycles. The van der Waals surface area contributed by atoms with Crippen molar-refractivity contribution in [3.05, 3.63) is 200 Å². The smallest absolute Gasteiger partial charge is 0.179 e. The van der Waals surface area contributed by atoms with E-state index in [0.29, 0.717) is 0 Å². The van der Waals surface area contributed by atoms with Gasteiger partial charge in [0, 0.05) is 25.9 Å². The van der Waals surface area contributed by atoms with Gasteiger partial charge in [0.05, 0.1) is 16.7 Å². The van der Waals surface area contributed by atoms with E-state index in [1.54, 1.807) is 0 Å². The number of hydrogen-bond donors (Lipinski definition) is 0. The highest BCUT2D eigenvalue weighted by Gasteiger charge is 2.41. The highest BCUT2D eigenvalue weighted by molar-refractivity contribution is 7.98. The second-order valence-electron chi connectivity index (χ2n) is 14.3. The van der Waals surface area contributed by atoms with Crippen LogP contribution in [0.1, 0.15) is 5.56 Å². The molecule has 0 atom stereocenters. The highest BCUT2D eigenvalue weighted by atomic mass is 32.2. The number of nitrogens with zero attached hydrogens (tertiary/aromatic N) is 2. The monoisotopic (exact) mass is 754 g/mol. The highest BCUT2D eigenvalue weighted by Crippen LogP contribution is 2.39. The summed E-state index contributed by atoms with van der Waals surface area (Å²) < 4.78 is 5.01. The molecule has 2 nitrogen and oxygen atoms in total. The van der Waals surface area contributed by atoms with Gasteiger partial charge in [-0.2, -0.15) is 0 Å². The van der Waals surface area contributed by atoms with Crippen LogP contribution in [0.2, 0.25) is 0 Å². The van der Waals surface area contributed by atoms with Gasteiger partial charge in [-0.1, -0.05) is 169 Å². The Labute approximate surface area is 329 Å². The van der Waals surface area contributed by atoms with Crippen molar-refractivity contribution < 1.29 is 0 Å². The molecule has 11 rings (SSSR count). The largest absolute Gasteiger partial charge is 0.287 e. The van der Waals surface area contributed by atoms with Crippen molar-refractivity contribution in [1.29, 1.82) is 0 Å². The molecule has 10 aromatic rings. The third-order valence-electron chi connectivity index (χ3n) is 11.3. The number of fused-ring (bicyclic) bond motifs is 8. The summed E-state index contributed by atoms with van der Waals surface area (Å²) in [5.41, 5.74) is 9.64. The number of benzene rings is 8. The van der Waals surface area contributed by atoms with Crippen LogP contribution in [-0.2, 0) is 5.75 Å².